The Morgan fingerprint density at radius 2 is 2.00 bits per heavy atom. The summed E-state index contributed by atoms with van der Waals surface area (Å²) < 4.78 is 11.7. The SMILES string of the molecule is CC[C@H](C(=O)O)[S@](=O)c1ccccc1. The van der Waals surface area contributed by atoms with Crippen LogP contribution < -0.4 is 0 Å². The van der Waals surface area contributed by atoms with E-state index in [1.807, 2.05) is 6.07 Å². The lowest BCUT2D eigenvalue weighted by molar-refractivity contribution is -0.136. The summed E-state index contributed by atoms with van der Waals surface area (Å²) in [5, 5.41) is 8.00. The van der Waals surface area contributed by atoms with Gasteiger partial charge in [0.2, 0.25) is 0 Å². The minimum atomic E-state index is -1.45. The third-order valence-electron chi connectivity index (χ3n) is 1.88. The molecule has 0 aliphatic heterocycles. The molecular weight excluding hydrogens is 200 g/mol. The van der Waals surface area contributed by atoms with Crippen molar-refractivity contribution in [1.29, 1.82) is 0 Å². The summed E-state index contributed by atoms with van der Waals surface area (Å²) in [7, 11) is -1.45. The Bertz CT molecular complexity index is 334. The summed E-state index contributed by atoms with van der Waals surface area (Å²) >= 11 is 0. The summed E-state index contributed by atoms with van der Waals surface area (Å²) in [6, 6.07) is 8.68. The quantitative estimate of drug-likeness (QED) is 0.825. The Morgan fingerprint density at radius 3 is 2.43 bits per heavy atom. The molecule has 76 valence electrons. The molecule has 0 aromatic heterocycles. The molecule has 0 amide bonds. The molecule has 0 fully saturated rings. The van der Waals surface area contributed by atoms with Gasteiger partial charge in [-0.2, -0.15) is 0 Å². The fourth-order valence-corrected chi connectivity index (χ4v) is 2.38. The highest BCUT2D eigenvalue weighted by Gasteiger charge is 2.23. The predicted octanol–water partition coefficient (Wildman–Crippen LogP) is 1.66. The van der Waals surface area contributed by atoms with Gasteiger partial charge in [-0.15, -0.1) is 0 Å². The van der Waals surface area contributed by atoms with Crippen molar-refractivity contribution in [2.45, 2.75) is 23.5 Å². The second-order valence-corrected chi connectivity index (χ2v) is 4.48. The van der Waals surface area contributed by atoms with Gasteiger partial charge in [0, 0.05) is 4.90 Å². The molecule has 0 aliphatic carbocycles. The summed E-state index contributed by atoms with van der Waals surface area (Å²) in [6.07, 6.45) is 0.372. The van der Waals surface area contributed by atoms with Crippen LogP contribution in [-0.4, -0.2) is 20.5 Å². The first-order valence-electron chi connectivity index (χ1n) is 4.35. The average molecular weight is 212 g/mol. The van der Waals surface area contributed by atoms with Gasteiger partial charge in [0.25, 0.3) is 0 Å². The van der Waals surface area contributed by atoms with E-state index in [0.717, 1.165) is 0 Å². The first-order chi connectivity index (χ1) is 6.66. The Morgan fingerprint density at radius 1 is 1.43 bits per heavy atom. The van der Waals surface area contributed by atoms with Crippen LogP contribution in [-0.2, 0) is 15.6 Å². The van der Waals surface area contributed by atoms with Crippen molar-refractivity contribution in [2.24, 2.45) is 0 Å². The van der Waals surface area contributed by atoms with Crippen LogP contribution >= 0.6 is 0 Å². The van der Waals surface area contributed by atoms with E-state index in [9.17, 15) is 9.00 Å². The third-order valence-corrected chi connectivity index (χ3v) is 3.67. The lowest BCUT2D eigenvalue weighted by atomic mass is 10.3. The van der Waals surface area contributed by atoms with Crippen molar-refractivity contribution < 1.29 is 14.1 Å². The van der Waals surface area contributed by atoms with Gasteiger partial charge in [-0.05, 0) is 18.6 Å². The lowest BCUT2D eigenvalue weighted by Gasteiger charge is -2.08. The van der Waals surface area contributed by atoms with Crippen molar-refractivity contribution in [3.8, 4) is 0 Å². The highest BCUT2D eigenvalue weighted by molar-refractivity contribution is 7.86. The second kappa shape index (κ2) is 4.91. The summed E-state index contributed by atoms with van der Waals surface area (Å²) in [6.45, 7) is 1.72. The predicted molar refractivity (Wildman–Crippen MR) is 54.6 cm³/mol. The normalized spacial score (nSPS) is 14.6. The van der Waals surface area contributed by atoms with Gasteiger partial charge < -0.3 is 5.11 Å². The van der Waals surface area contributed by atoms with Gasteiger partial charge in [-0.1, -0.05) is 25.1 Å². The van der Waals surface area contributed by atoms with E-state index in [1.54, 1.807) is 31.2 Å². The maximum Gasteiger partial charge on any atom is 0.319 e. The smallest absolute Gasteiger partial charge is 0.319 e. The van der Waals surface area contributed by atoms with Crippen LogP contribution in [0, 0.1) is 0 Å². The molecule has 1 rings (SSSR count). The lowest BCUT2D eigenvalue weighted by Crippen LogP contribution is -2.24. The van der Waals surface area contributed by atoms with Crippen LogP contribution in [0.4, 0.5) is 0 Å². The molecule has 1 N–H and O–H groups in total. The zero-order chi connectivity index (χ0) is 10.6. The van der Waals surface area contributed by atoms with Crippen LogP contribution in [0.3, 0.4) is 0 Å². The number of aliphatic carboxylic acids is 1. The van der Waals surface area contributed by atoms with Gasteiger partial charge >= 0.3 is 5.97 Å². The molecule has 0 heterocycles. The molecule has 0 unspecified atom stereocenters. The minimum Gasteiger partial charge on any atom is -0.480 e. The topological polar surface area (TPSA) is 54.4 Å². The standard InChI is InChI=1S/C10H12O3S/c1-2-9(10(11)12)14(13)8-6-4-3-5-7-8/h3-7,9H,2H2,1H3,(H,11,12)/t9-,14-/m1/s1. The van der Waals surface area contributed by atoms with E-state index in [-0.39, 0.29) is 0 Å². The van der Waals surface area contributed by atoms with Crippen LogP contribution in [0.2, 0.25) is 0 Å². The van der Waals surface area contributed by atoms with Crippen LogP contribution in [0.1, 0.15) is 13.3 Å². The van der Waals surface area contributed by atoms with Crippen LogP contribution in [0.25, 0.3) is 0 Å². The molecule has 1 aromatic rings. The molecule has 14 heavy (non-hydrogen) atoms. The Balaban J connectivity index is 2.89. The Hall–Kier alpha value is -1.16. The number of rotatable bonds is 4. The van der Waals surface area contributed by atoms with Crippen molar-refractivity contribution in [1.82, 2.24) is 0 Å². The number of carboxylic acids is 1. The molecule has 2 atom stereocenters. The highest BCUT2D eigenvalue weighted by Crippen LogP contribution is 2.13. The van der Waals surface area contributed by atoms with Crippen molar-refractivity contribution in [3.63, 3.8) is 0 Å². The van der Waals surface area contributed by atoms with Crippen LogP contribution in [0.15, 0.2) is 35.2 Å². The first kappa shape index (κ1) is 10.9. The van der Waals surface area contributed by atoms with Gasteiger partial charge in [0.15, 0.2) is 0 Å². The average Bonchev–Trinajstić information content (AvgIpc) is 2.19. The van der Waals surface area contributed by atoms with E-state index in [0.29, 0.717) is 11.3 Å². The number of hydrogen-bond acceptors (Lipinski definition) is 2. The summed E-state index contributed by atoms with van der Waals surface area (Å²) in [5.41, 5.74) is 0. The van der Waals surface area contributed by atoms with Gasteiger partial charge in [-0.3, -0.25) is 9.00 Å². The number of hydrogen-bond donors (Lipinski definition) is 1. The van der Waals surface area contributed by atoms with Gasteiger partial charge in [0.05, 0.1) is 10.8 Å². The molecule has 0 saturated heterocycles. The second-order valence-electron chi connectivity index (χ2n) is 2.85. The van der Waals surface area contributed by atoms with Crippen molar-refractivity contribution in [2.75, 3.05) is 0 Å². The molecule has 0 aliphatic rings. The number of benzene rings is 1. The largest absolute Gasteiger partial charge is 0.480 e. The maximum absolute atomic E-state index is 11.7. The molecule has 1 aromatic carbocycles. The Labute approximate surface area is 85.2 Å². The molecule has 0 radical (unpaired) electrons. The maximum atomic E-state index is 11.7. The van der Waals surface area contributed by atoms with E-state index in [4.69, 9.17) is 5.11 Å². The molecule has 0 saturated carbocycles. The fraction of sp³-hybridized carbons (Fsp3) is 0.300. The highest BCUT2D eigenvalue weighted by atomic mass is 32.2. The molecule has 0 spiro atoms. The van der Waals surface area contributed by atoms with E-state index >= 15 is 0 Å². The fourth-order valence-electron chi connectivity index (χ4n) is 1.14. The monoisotopic (exact) mass is 212 g/mol. The van der Waals surface area contributed by atoms with Gasteiger partial charge in [0.1, 0.15) is 5.25 Å². The van der Waals surface area contributed by atoms with E-state index in [2.05, 4.69) is 0 Å². The first-order valence-corrected chi connectivity index (χ1v) is 5.56. The Kier molecular flexibility index (Phi) is 3.83. The van der Waals surface area contributed by atoms with Crippen molar-refractivity contribution >= 4 is 16.8 Å². The van der Waals surface area contributed by atoms with E-state index < -0.39 is 22.0 Å². The molecular formula is C10H12O3S. The number of carbonyl (C=O) groups is 1. The summed E-state index contributed by atoms with van der Waals surface area (Å²) in [5.74, 6) is -1.00. The third kappa shape index (κ3) is 2.42. The van der Waals surface area contributed by atoms with E-state index in [1.165, 1.54) is 0 Å². The van der Waals surface area contributed by atoms with Crippen molar-refractivity contribution in [3.05, 3.63) is 30.3 Å². The molecule has 4 heteroatoms. The molecule has 0 bridgehead atoms. The summed E-state index contributed by atoms with van der Waals surface area (Å²) in [4.78, 5) is 11.3. The number of carboxylic acid groups (broad SMARTS) is 1. The van der Waals surface area contributed by atoms with Crippen LogP contribution in [0.5, 0.6) is 0 Å². The van der Waals surface area contributed by atoms with Gasteiger partial charge in [-0.25, -0.2) is 0 Å². The zero-order valence-electron chi connectivity index (χ0n) is 7.84. The minimum absolute atomic E-state index is 0.372. The zero-order valence-corrected chi connectivity index (χ0v) is 8.66. The molecule has 3 nitrogen and oxygen atoms in total.